The van der Waals surface area contributed by atoms with Crippen LogP contribution in [0.3, 0.4) is 0 Å². The van der Waals surface area contributed by atoms with E-state index in [-0.39, 0.29) is 5.56 Å². The van der Waals surface area contributed by atoms with E-state index in [1.165, 1.54) is 12.1 Å². The Labute approximate surface area is 266 Å². The Bertz CT molecular complexity index is 2020. The Hall–Kier alpha value is -5.65. The molecule has 3 aromatic heterocycles. The zero-order valence-corrected chi connectivity index (χ0v) is 26.1. The maximum absolute atomic E-state index is 15.2. The van der Waals surface area contributed by atoms with Gasteiger partial charge in [0.15, 0.2) is 5.65 Å². The molecule has 0 saturated carbocycles. The molecule has 0 radical (unpaired) electrons. The lowest BCUT2D eigenvalue weighted by Crippen LogP contribution is -2.44. The van der Waals surface area contributed by atoms with Crippen LogP contribution in [0.15, 0.2) is 67.3 Å². The van der Waals surface area contributed by atoms with Crippen LogP contribution in [0.2, 0.25) is 0 Å². The number of aromatic amines is 1. The molecule has 0 atom stereocenters. The third-order valence-corrected chi connectivity index (χ3v) is 8.24. The van der Waals surface area contributed by atoms with Crippen molar-refractivity contribution in [2.24, 2.45) is 0 Å². The molecule has 1 aliphatic rings. The van der Waals surface area contributed by atoms with Crippen LogP contribution in [0.25, 0.3) is 5.65 Å². The minimum atomic E-state index is -0.784. The number of imidazole rings is 1. The summed E-state index contributed by atoms with van der Waals surface area (Å²) in [7, 11) is 2.09. The number of hydrogen-bond donors (Lipinski definition) is 3. The molecular weight excluding hydrogens is 581 g/mol. The average molecular weight is 616 g/mol. The second kappa shape index (κ2) is 12.4. The number of carbonyl (C=O) groups is 1. The summed E-state index contributed by atoms with van der Waals surface area (Å²) in [5.41, 5.74) is 5.30. The number of rotatable bonds is 6. The Morgan fingerprint density at radius 3 is 2.61 bits per heavy atom. The van der Waals surface area contributed by atoms with Gasteiger partial charge in [-0.05, 0) is 87.3 Å². The molecule has 4 heterocycles. The first-order valence-corrected chi connectivity index (χ1v) is 15.0. The van der Waals surface area contributed by atoms with Gasteiger partial charge in [-0.3, -0.25) is 14.3 Å². The predicted octanol–water partition coefficient (Wildman–Crippen LogP) is 5.45. The molecule has 232 valence electrons. The number of nitrogens with zero attached hydrogens (tertiary/aromatic N) is 6. The molecule has 1 aliphatic heterocycles. The van der Waals surface area contributed by atoms with Crippen molar-refractivity contribution in [3.05, 3.63) is 101 Å². The molecule has 11 heteroatoms. The number of anilines is 4. The van der Waals surface area contributed by atoms with Crippen molar-refractivity contribution in [3.63, 3.8) is 0 Å². The molecule has 0 unspecified atom stereocenters. The SMILES string of the molecule is Cc1cc(F)c(C(=O)Nc2cc(N3CCN(C)CC3)cc(C(C)(C)C#N)c2)cc1C#Cc1cnc2c(Nc3cn[nH]c3)cccn12. The van der Waals surface area contributed by atoms with Crippen molar-refractivity contribution in [1.82, 2.24) is 24.5 Å². The lowest BCUT2D eigenvalue weighted by Gasteiger charge is -2.35. The molecule has 1 fully saturated rings. The molecule has 3 N–H and O–H groups in total. The number of aromatic nitrogens is 4. The Morgan fingerprint density at radius 1 is 1.07 bits per heavy atom. The number of amides is 1. The van der Waals surface area contributed by atoms with Gasteiger partial charge in [0.05, 0.1) is 40.8 Å². The Kier molecular flexibility index (Phi) is 8.18. The number of carbonyl (C=O) groups excluding carboxylic acids is 1. The van der Waals surface area contributed by atoms with Crippen LogP contribution in [0.1, 0.15) is 46.6 Å². The molecule has 1 amide bonds. The number of halogens is 1. The van der Waals surface area contributed by atoms with Gasteiger partial charge in [-0.2, -0.15) is 10.4 Å². The number of nitriles is 1. The van der Waals surface area contributed by atoms with Crippen LogP contribution in [0.4, 0.5) is 27.1 Å². The van der Waals surface area contributed by atoms with Crippen LogP contribution in [-0.2, 0) is 5.41 Å². The number of likely N-dealkylation sites (N-methyl/N-ethyl adjacent to an activating group) is 1. The number of piperazine rings is 1. The van der Waals surface area contributed by atoms with E-state index in [2.05, 4.69) is 60.6 Å². The number of pyridine rings is 1. The lowest BCUT2D eigenvalue weighted by molar-refractivity contribution is 0.102. The number of H-pyrrole nitrogens is 1. The van der Waals surface area contributed by atoms with E-state index in [4.69, 9.17) is 0 Å². The summed E-state index contributed by atoms with van der Waals surface area (Å²) in [5.74, 6) is 5.01. The van der Waals surface area contributed by atoms with Crippen LogP contribution in [0.5, 0.6) is 0 Å². The minimum Gasteiger partial charge on any atom is -0.369 e. The average Bonchev–Trinajstić information content (AvgIpc) is 3.71. The van der Waals surface area contributed by atoms with Crippen molar-refractivity contribution in [1.29, 1.82) is 5.26 Å². The van der Waals surface area contributed by atoms with Crippen LogP contribution >= 0.6 is 0 Å². The first-order chi connectivity index (χ1) is 22.1. The van der Waals surface area contributed by atoms with Crippen molar-refractivity contribution >= 4 is 34.3 Å². The van der Waals surface area contributed by atoms with E-state index in [0.717, 1.165) is 48.8 Å². The molecule has 0 bridgehead atoms. The molecule has 10 nitrogen and oxygen atoms in total. The van der Waals surface area contributed by atoms with E-state index in [1.807, 2.05) is 48.7 Å². The molecule has 6 rings (SSSR count). The highest BCUT2D eigenvalue weighted by atomic mass is 19.1. The summed E-state index contributed by atoms with van der Waals surface area (Å²) >= 11 is 0. The molecule has 1 saturated heterocycles. The summed E-state index contributed by atoms with van der Waals surface area (Å²) in [6.45, 7) is 8.90. The smallest absolute Gasteiger partial charge is 0.258 e. The Balaban J connectivity index is 1.28. The van der Waals surface area contributed by atoms with E-state index in [0.29, 0.717) is 28.2 Å². The van der Waals surface area contributed by atoms with Crippen LogP contribution < -0.4 is 15.5 Å². The van der Waals surface area contributed by atoms with Gasteiger partial charge in [-0.25, -0.2) is 9.37 Å². The van der Waals surface area contributed by atoms with E-state index in [9.17, 15) is 10.1 Å². The lowest BCUT2D eigenvalue weighted by atomic mass is 9.85. The quantitative estimate of drug-likeness (QED) is 0.218. The molecule has 2 aromatic carbocycles. The van der Waals surface area contributed by atoms with Crippen LogP contribution in [0, 0.1) is 35.9 Å². The standard InChI is InChI=1S/C35H34FN9O/c1-23-14-31(36)30(15-24(23)7-8-28-21-38-33-32(6-5-9-45(28)33)41-27-19-39-40-20-27)34(46)42-26-16-25(35(2,3)22-37)17-29(18-26)44-12-10-43(4)11-13-44/h5-6,9,14-21,41H,10-13H2,1-4H3,(H,39,40)(H,42,46). The van der Waals surface area contributed by atoms with E-state index < -0.39 is 17.1 Å². The van der Waals surface area contributed by atoms with Gasteiger partial charge in [-0.15, -0.1) is 0 Å². The highest BCUT2D eigenvalue weighted by molar-refractivity contribution is 6.05. The molecule has 0 aliphatic carbocycles. The van der Waals surface area contributed by atoms with Crippen molar-refractivity contribution < 1.29 is 9.18 Å². The van der Waals surface area contributed by atoms with Gasteiger partial charge in [-0.1, -0.05) is 5.92 Å². The summed E-state index contributed by atoms with van der Waals surface area (Å²) in [6.07, 6.45) is 6.95. The first kappa shape index (κ1) is 30.4. The third-order valence-electron chi connectivity index (χ3n) is 8.24. The number of fused-ring (bicyclic) bond motifs is 1. The minimum absolute atomic E-state index is 0.120. The summed E-state index contributed by atoms with van der Waals surface area (Å²) in [5, 5.41) is 22.7. The Morgan fingerprint density at radius 2 is 1.87 bits per heavy atom. The second-order valence-corrected chi connectivity index (χ2v) is 12.0. The van der Waals surface area contributed by atoms with Gasteiger partial charge in [0, 0.05) is 55.5 Å². The monoisotopic (exact) mass is 615 g/mol. The zero-order valence-electron chi connectivity index (χ0n) is 26.1. The number of hydrogen-bond acceptors (Lipinski definition) is 7. The molecule has 5 aromatic rings. The summed E-state index contributed by atoms with van der Waals surface area (Å²) in [4.78, 5) is 22.6. The molecule has 46 heavy (non-hydrogen) atoms. The normalized spacial score (nSPS) is 13.6. The predicted molar refractivity (Wildman–Crippen MR) is 177 cm³/mol. The second-order valence-electron chi connectivity index (χ2n) is 12.0. The maximum Gasteiger partial charge on any atom is 0.258 e. The summed E-state index contributed by atoms with van der Waals surface area (Å²) < 4.78 is 17.1. The van der Waals surface area contributed by atoms with Crippen molar-refractivity contribution in [3.8, 4) is 17.9 Å². The number of nitrogens with one attached hydrogen (secondary N) is 3. The number of aryl methyl sites for hydroxylation is 1. The van der Waals surface area contributed by atoms with E-state index >= 15 is 4.39 Å². The van der Waals surface area contributed by atoms with Gasteiger partial charge in [0.1, 0.15) is 11.5 Å². The van der Waals surface area contributed by atoms with Gasteiger partial charge >= 0.3 is 0 Å². The zero-order chi connectivity index (χ0) is 32.4. The van der Waals surface area contributed by atoms with Crippen LogP contribution in [-0.4, -0.2) is 63.6 Å². The largest absolute Gasteiger partial charge is 0.369 e. The van der Waals surface area contributed by atoms with Gasteiger partial charge in [0.25, 0.3) is 5.91 Å². The molecular formula is C35H34FN9O. The fourth-order valence-corrected chi connectivity index (χ4v) is 5.34. The van der Waals surface area contributed by atoms with Crippen molar-refractivity contribution in [2.75, 3.05) is 48.8 Å². The fourth-order valence-electron chi connectivity index (χ4n) is 5.34. The number of benzene rings is 2. The van der Waals surface area contributed by atoms with E-state index in [1.54, 1.807) is 31.6 Å². The topological polar surface area (TPSA) is 117 Å². The van der Waals surface area contributed by atoms with Gasteiger partial charge in [0.2, 0.25) is 0 Å². The fraction of sp³-hybridized carbons (Fsp3) is 0.257. The highest BCUT2D eigenvalue weighted by Crippen LogP contribution is 2.31. The highest BCUT2D eigenvalue weighted by Gasteiger charge is 2.24. The van der Waals surface area contributed by atoms with Gasteiger partial charge < -0.3 is 20.4 Å². The third kappa shape index (κ3) is 6.27. The summed E-state index contributed by atoms with van der Waals surface area (Å²) in [6, 6.07) is 14.6. The maximum atomic E-state index is 15.2. The van der Waals surface area contributed by atoms with Crippen molar-refractivity contribution in [2.45, 2.75) is 26.2 Å². The molecule has 0 spiro atoms. The first-order valence-electron chi connectivity index (χ1n) is 15.0.